The number of ether oxygens (including phenoxy) is 1. The maximum absolute atomic E-state index is 11.8. The lowest BCUT2D eigenvalue weighted by atomic mass is 10.0. The summed E-state index contributed by atoms with van der Waals surface area (Å²) in [4.78, 5) is 15.7. The molecule has 1 aliphatic rings. The fourth-order valence-corrected chi connectivity index (χ4v) is 3.56. The molecule has 0 unspecified atom stereocenters. The van der Waals surface area contributed by atoms with Crippen LogP contribution in [0.3, 0.4) is 0 Å². The van der Waals surface area contributed by atoms with Gasteiger partial charge in [0.15, 0.2) is 5.11 Å². The Kier molecular flexibility index (Phi) is 5.93. The van der Waals surface area contributed by atoms with E-state index in [1.165, 1.54) is 10.8 Å². The van der Waals surface area contributed by atoms with Crippen molar-refractivity contribution in [2.45, 2.75) is 25.8 Å². The van der Waals surface area contributed by atoms with Gasteiger partial charge in [0.1, 0.15) is 0 Å². The minimum atomic E-state index is -0.217. The second-order valence-electron chi connectivity index (χ2n) is 6.52. The summed E-state index contributed by atoms with van der Waals surface area (Å²) in [5.74, 6) is 0. The fourth-order valence-electron chi connectivity index (χ4n) is 3.30. The first-order valence-corrected chi connectivity index (χ1v) is 9.43. The van der Waals surface area contributed by atoms with E-state index in [1.54, 1.807) is 4.90 Å². The molecule has 26 heavy (non-hydrogen) atoms. The number of fused-ring (bicyclic) bond motifs is 1. The zero-order valence-corrected chi connectivity index (χ0v) is 16.1. The average Bonchev–Trinajstić information content (AvgIpc) is 2.67. The van der Waals surface area contributed by atoms with Gasteiger partial charge in [-0.25, -0.2) is 4.79 Å². The number of carbonyl (C=O) groups is 1. The van der Waals surface area contributed by atoms with Crippen LogP contribution in [0.5, 0.6) is 0 Å². The van der Waals surface area contributed by atoms with Crippen LogP contribution in [0.2, 0.25) is 0 Å². The Bertz CT molecular complexity index is 787. The lowest BCUT2D eigenvalue weighted by molar-refractivity contribution is 0.0895. The molecule has 0 radical (unpaired) electrons. The molecule has 2 aromatic carbocycles. The first-order chi connectivity index (χ1) is 12.6. The van der Waals surface area contributed by atoms with E-state index in [9.17, 15) is 4.79 Å². The Morgan fingerprint density at radius 2 is 1.92 bits per heavy atom. The van der Waals surface area contributed by atoms with E-state index in [0.717, 1.165) is 18.5 Å². The van der Waals surface area contributed by atoms with Gasteiger partial charge in [-0.1, -0.05) is 30.3 Å². The van der Waals surface area contributed by atoms with Crippen LogP contribution in [0, 0.1) is 0 Å². The molecule has 0 saturated carbocycles. The average molecular weight is 372 g/mol. The van der Waals surface area contributed by atoms with Gasteiger partial charge in [-0.2, -0.15) is 0 Å². The van der Waals surface area contributed by atoms with Crippen molar-refractivity contribution in [1.29, 1.82) is 0 Å². The van der Waals surface area contributed by atoms with E-state index in [-0.39, 0.29) is 6.09 Å². The van der Waals surface area contributed by atoms with Gasteiger partial charge in [0.05, 0.1) is 6.61 Å². The predicted octanol–water partition coefficient (Wildman–Crippen LogP) is 4.09. The van der Waals surface area contributed by atoms with Gasteiger partial charge < -0.3 is 19.9 Å². The summed E-state index contributed by atoms with van der Waals surface area (Å²) >= 11 is 5.59. The second kappa shape index (κ2) is 8.36. The highest BCUT2D eigenvalue weighted by atomic mass is 32.1. The number of rotatable bonds is 3. The van der Waals surface area contributed by atoms with Gasteiger partial charge >= 0.3 is 6.09 Å². The van der Waals surface area contributed by atoms with Crippen LogP contribution in [0.1, 0.15) is 19.8 Å². The molecule has 1 N–H and O–H groups in total. The van der Waals surface area contributed by atoms with E-state index in [1.807, 2.05) is 32.2 Å². The SMILES string of the molecule is CCOC(=O)N1CCC(N(C)C(=S)Nc2ccc3ccccc3c2)CC1. The van der Waals surface area contributed by atoms with Crippen molar-refractivity contribution < 1.29 is 9.53 Å². The lowest BCUT2D eigenvalue weighted by Gasteiger charge is -2.37. The molecule has 5 nitrogen and oxygen atoms in total. The van der Waals surface area contributed by atoms with Crippen LogP contribution in [0.25, 0.3) is 10.8 Å². The van der Waals surface area contributed by atoms with Crippen LogP contribution in [-0.2, 0) is 4.74 Å². The molecule has 1 saturated heterocycles. The largest absolute Gasteiger partial charge is 0.450 e. The number of benzene rings is 2. The first kappa shape index (κ1) is 18.5. The normalized spacial score (nSPS) is 14.9. The number of likely N-dealkylation sites (tertiary alicyclic amines) is 1. The third-order valence-corrected chi connectivity index (χ3v) is 5.25. The smallest absolute Gasteiger partial charge is 0.409 e. The third kappa shape index (κ3) is 4.25. The van der Waals surface area contributed by atoms with Crippen molar-refractivity contribution >= 4 is 39.9 Å². The molecule has 3 rings (SSSR count). The molecule has 0 atom stereocenters. The van der Waals surface area contributed by atoms with Crippen LogP contribution in [-0.4, -0.2) is 53.8 Å². The number of hydrogen-bond donors (Lipinski definition) is 1. The Morgan fingerprint density at radius 1 is 1.23 bits per heavy atom. The van der Waals surface area contributed by atoms with Crippen molar-refractivity contribution in [1.82, 2.24) is 9.80 Å². The molecule has 0 bridgehead atoms. The van der Waals surface area contributed by atoms with Crippen LogP contribution < -0.4 is 5.32 Å². The summed E-state index contributed by atoms with van der Waals surface area (Å²) in [5.41, 5.74) is 0.990. The molecule has 0 spiro atoms. The monoisotopic (exact) mass is 371 g/mol. The third-order valence-electron chi connectivity index (χ3n) is 4.86. The van der Waals surface area contributed by atoms with Crippen molar-refractivity contribution in [2.24, 2.45) is 0 Å². The van der Waals surface area contributed by atoms with E-state index in [0.29, 0.717) is 30.9 Å². The summed E-state index contributed by atoms with van der Waals surface area (Å²) in [7, 11) is 2.01. The van der Waals surface area contributed by atoms with Gasteiger partial charge in [-0.15, -0.1) is 0 Å². The number of piperidine rings is 1. The number of hydrogen-bond acceptors (Lipinski definition) is 3. The van der Waals surface area contributed by atoms with Crippen molar-refractivity contribution in [3.8, 4) is 0 Å². The Balaban J connectivity index is 1.57. The topological polar surface area (TPSA) is 44.8 Å². The Morgan fingerprint density at radius 3 is 2.62 bits per heavy atom. The second-order valence-corrected chi connectivity index (χ2v) is 6.91. The van der Waals surface area contributed by atoms with Crippen LogP contribution >= 0.6 is 12.2 Å². The van der Waals surface area contributed by atoms with Gasteiger partial charge in [0.25, 0.3) is 0 Å². The number of anilines is 1. The maximum atomic E-state index is 11.8. The summed E-state index contributed by atoms with van der Waals surface area (Å²) < 4.78 is 5.07. The summed E-state index contributed by atoms with van der Waals surface area (Å²) in [6.45, 7) is 3.65. The Hall–Kier alpha value is -2.34. The summed E-state index contributed by atoms with van der Waals surface area (Å²) in [5, 5.41) is 6.44. The molecule has 1 heterocycles. The molecule has 0 aromatic heterocycles. The molecule has 138 valence electrons. The number of thiocarbonyl (C=S) groups is 1. The quantitative estimate of drug-likeness (QED) is 0.824. The van der Waals surface area contributed by atoms with Gasteiger partial charge in [0, 0.05) is 31.9 Å². The zero-order chi connectivity index (χ0) is 18.5. The highest BCUT2D eigenvalue weighted by Gasteiger charge is 2.27. The Labute approximate surface area is 159 Å². The molecular weight excluding hydrogens is 346 g/mol. The van der Waals surface area contributed by atoms with Gasteiger partial charge in [-0.3, -0.25) is 0 Å². The predicted molar refractivity (Wildman–Crippen MR) is 110 cm³/mol. The number of nitrogens with zero attached hydrogens (tertiary/aromatic N) is 2. The van der Waals surface area contributed by atoms with E-state index in [2.05, 4.69) is 34.5 Å². The van der Waals surface area contributed by atoms with Gasteiger partial charge in [-0.05, 0) is 54.9 Å². The van der Waals surface area contributed by atoms with Crippen molar-refractivity contribution in [3.05, 3.63) is 42.5 Å². The molecule has 1 amide bonds. The molecule has 1 fully saturated rings. The summed E-state index contributed by atoms with van der Waals surface area (Å²) in [6.07, 6.45) is 1.55. The fraction of sp³-hybridized carbons (Fsp3) is 0.400. The first-order valence-electron chi connectivity index (χ1n) is 9.03. The van der Waals surface area contributed by atoms with E-state index >= 15 is 0 Å². The number of nitrogens with one attached hydrogen (secondary N) is 1. The molecule has 2 aromatic rings. The molecular formula is C20H25N3O2S. The molecule has 1 aliphatic heterocycles. The van der Waals surface area contributed by atoms with Crippen LogP contribution in [0.15, 0.2) is 42.5 Å². The number of amides is 1. The highest BCUT2D eigenvalue weighted by molar-refractivity contribution is 7.80. The standard InChI is InChI=1S/C20H25N3O2S/c1-3-25-20(24)23-12-10-18(11-13-23)22(2)19(26)21-17-9-8-15-6-4-5-7-16(15)14-17/h4-9,14,18H,3,10-13H2,1-2H3,(H,21,26). The minimum absolute atomic E-state index is 0.217. The van der Waals surface area contributed by atoms with Gasteiger partial charge in [0.2, 0.25) is 0 Å². The minimum Gasteiger partial charge on any atom is -0.450 e. The van der Waals surface area contributed by atoms with E-state index in [4.69, 9.17) is 17.0 Å². The van der Waals surface area contributed by atoms with Crippen LogP contribution in [0.4, 0.5) is 10.5 Å². The van der Waals surface area contributed by atoms with Crippen molar-refractivity contribution in [3.63, 3.8) is 0 Å². The zero-order valence-electron chi connectivity index (χ0n) is 15.3. The maximum Gasteiger partial charge on any atom is 0.409 e. The van der Waals surface area contributed by atoms with E-state index < -0.39 is 0 Å². The lowest BCUT2D eigenvalue weighted by Crippen LogP contribution is -2.48. The molecule has 0 aliphatic carbocycles. The highest BCUT2D eigenvalue weighted by Crippen LogP contribution is 2.21. The van der Waals surface area contributed by atoms with Crippen molar-refractivity contribution in [2.75, 3.05) is 32.1 Å². The molecule has 6 heteroatoms. The number of carbonyl (C=O) groups excluding carboxylic acids is 1. The summed E-state index contributed by atoms with van der Waals surface area (Å²) in [6, 6.07) is 14.8.